The second-order valence-corrected chi connectivity index (χ2v) is 6.40. The summed E-state index contributed by atoms with van der Waals surface area (Å²) in [6, 6.07) is 14.1. The van der Waals surface area contributed by atoms with Gasteiger partial charge in [0.15, 0.2) is 0 Å². The highest BCUT2D eigenvalue weighted by Gasteiger charge is 2.12. The smallest absolute Gasteiger partial charge is 0.204 e. The predicted molar refractivity (Wildman–Crippen MR) is 105 cm³/mol. The molecule has 4 N–H and O–H groups in total. The Morgan fingerprint density at radius 1 is 1.19 bits per heavy atom. The molecule has 8 nitrogen and oxygen atoms in total. The van der Waals surface area contributed by atoms with Crippen molar-refractivity contribution in [2.45, 2.75) is 25.9 Å². The number of tetrazole rings is 1. The van der Waals surface area contributed by atoms with Crippen LogP contribution in [-0.2, 0) is 6.54 Å². The maximum Gasteiger partial charge on any atom is 0.204 e. The van der Waals surface area contributed by atoms with Gasteiger partial charge in [-0.05, 0) is 35.4 Å². The van der Waals surface area contributed by atoms with Crippen molar-refractivity contribution in [1.82, 2.24) is 30.2 Å². The van der Waals surface area contributed by atoms with Crippen LogP contribution in [0.1, 0.15) is 24.9 Å². The van der Waals surface area contributed by atoms with Gasteiger partial charge in [-0.1, -0.05) is 31.2 Å². The lowest BCUT2D eigenvalue weighted by Crippen LogP contribution is -2.20. The van der Waals surface area contributed by atoms with Crippen molar-refractivity contribution < 1.29 is 0 Å². The fraction of sp³-hybridized carbons (Fsp3) is 0.263. The van der Waals surface area contributed by atoms with E-state index >= 15 is 0 Å². The molecule has 8 heteroatoms. The van der Waals surface area contributed by atoms with Crippen LogP contribution >= 0.6 is 0 Å². The molecule has 2 aromatic carbocycles. The lowest BCUT2D eigenvalue weighted by Gasteiger charge is -2.19. The summed E-state index contributed by atoms with van der Waals surface area (Å²) < 4.78 is 0. The minimum atomic E-state index is -0.000764. The molecule has 0 aliphatic heterocycles. The molecular weight excluding hydrogens is 340 g/mol. The highest BCUT2D eigenvalue weighted by atomic mass is 15.6. The van der Waals surface area contributed by atoms with Crippen LogP contribution in [0.2, 0.25) is 0 Å². The first-order chi connectivity index (χ1) is 13.3. The average Bonchev–Trinajstić information content (AvgIpc) is 3.35. The molecule has 4 rings (SSSR count). The topological polar surface area (TPSA) is 110 Å². The van der Waals surface area contributed by atoms with Crippen molar-refractivity contribution in [2.24, 2.45) is 5.73 Å². The predicted octanol–water partition coefficient (Wildman–Crippen LogP) is 2.74. The molecule has 0 saturated heterocycles. The fourth-order valence-electron chi connectivity index (χ4n) is 3.02. The number of nitrogens with two attached hydrogens (primary N) is 1. The van der Waals surface area contributed by atoms with Crippen LogP contribution in [0.3, 0.4) is 0 Å². The number of H-pyrrole nitrogens is 1. The molecule has 2 aromatic heterocycles. The maximum atomic E-state index is 6.01. The van der Waals surface area contributed by atoms with Crippen molar-refractivity contribution in [3.8, 4) is 11.4 Å². The molecule has 0 aliphatic rings. The second kappa shape index (κ2) is 7.55. The molecule has 2 heterocycles. The molecule has 0 fully saturated rings. The lowest BCUT2D eigenvalue weighted by molar-refractivity contribution is 0.515. The summed E-state index contributed by atoms with van der Waals surface area (Å²) in [7, 11) is 0. The zero-order valence-corrected chi connectivity index (χ0v) is 15.1. The number of aromatic nitrogens is 6. The molecule has 0 saturated carbocycles. The Bertz CT molecular complexity index is 1020. The minimum Gasteiger partial charge on any atom is -0.377 e. The number of hydrogen-bond donors (Lipinski definition) is 3. The van der Waals surface area contributed by atoms with Crippen molar-refractivity contribution in [3.05, 3.63) is 54.4 Å². The zero-order chi connectivity index (χ0) is 18.6. The quantitative estimate of drug-likeness (QED) is 0.466. The zero-order valence-electron chi connectivity index (χ0n) is 15.1. The number of nitrogens with zero attached hydrogens (tertiary/aromatic N) is 5. The largest absolute Gasteiger partial charge is 0.377 e. The Labute approximate surface area is 156 Å². The maximum absolute atomic E-state index is 6.01. The number of rotatable bonds is 7. The first kappa shape index (κ1) is 17.2. The Hall–Kier alpha value is -3.26. The van der Waals surface area contributed by atoms with Gasteiger partial charge in [-0.3, -0.25) is 0 Å². The molecule has 0 bridgehead atoms. The van der Waals surface area contributed by atoms with Crippen LogP contribution in [0.5, 0.6) is 0 Å². The molecule has 0 radical (unpaired) electrons. The van der Waals surface area contributed by atoms with E-state index in [1.54, 1.807) is 11.1 Å². The van der Waals surface area contributed by atoms with E-state index in [2.05, 4.69) is 37.6 Å². The van der Waals surface area contributed by atoms with Gasteiger partial charge in [-0.25, -0.2) is 4.98 Å². The van der Waals surface area contributed by atoms with E-state index in [4.69, 9.17) is 5.73 Å². The minimum absolute atomic E-state index is 0.000764. The molecular formula is C19H22N8. The first-order valence-corrected chi connectivity index (χ1v) is 9.04. The molecule has 1 atom stereocenters. The van der Waals surface area contributed by atoms with Crippen molar-refractivity contribution >= 4 is 16.7 Å². The summed E-state index contributed by atoms with van der Waals surface area (Å²) in [4.78, 5) is 9.02. The average molecular weight is 362 g/mol. The van der Waals surface area contributed by atoms with Crippen LogP contribution in [-0.4, -0.2) is 36.7 Å². The highest BCUT2D eigenvalue weighted by Crippen LogP contribution is 2.23. The summed E-state index contributed by atoms with van der Waals surface area (Å²) >= 11 is 0. The number of anilines is 1. The van der Waals surface area contributed by atoms with Crippen LogP contribution in [0, 0.1) is 0 Å². The van der Waals surface area contributed by atoms with E-state index in [0.717, 1.165) is 40.8 Å². The Kier molecular flexibility index (Phi) is 4.80. The standard InChI is InChI=1S/C19H22N8/c1-2-9-27-25-19(24-26-27)14-5-3-13(4-6-14)18(11-20)23-15-7-8-16-17(10-15)22-12-21-16/h3-8,10,12,18,23H,2,9,11,20H2,1H3,(H,21,22). The van der Waals surface area contributed by atoms with Gasteiger partial charge >= 0.3 is 0 Å². The van der Waals surface area contributed by atoms with Crippen LogP contribution in [0.15, 0.2) is 48.8 Å². The lowest BCUT2D eigenvalue weighted by atomic mass is 10.0. The fourth-order valence-corrected chi connectivity index (χ4v) is 3.02. The van der Waals surface area contributed by atoms with Gasteiger partial charge in [0, 0.05) is 17.8 Å². The third kappa shape index (κ3) is 3.65. The number of fused-ring (bicyclic) bond motifs is 1. The molecule has 0 aliphatic carbocycles. The highest BCUT2D eigenvalue weighted by molar-refractivity contribution is 5.78. The molecule has 0 amide bonds. The normalized spacial score (nSPS) is 12.4. The molecule has 0 spiro atoms. The first-order valence-electron chi connectivity index (χ1n) is 9.04. The van der Waals surface area contributed by atoms with E-state index in [9.17, 15) is 0 Å². The summed E-state index contributed by atoms with van der Waals surface area (Å²) in [5.74, 6) is 0.635. The van der Waals surface area contributed by atoms with Gasteiger partial charge < -0.3 is 16.0 Å². The summed E-state index contributed by atoms with van der Waals surface area (Å²) in [5.41, 5.74) is 11.0. The van der Waals surface area contributed by atoms with E-state index < -0.39 is 0 Å². The van der Waals surface area contributed by atoms with Gasteiger partial charge in [0.25, 0.3) is 0 Å². The van der Waals surface area contributed by atoms with E-state index in [-0.39, 0.29) is 6.04 Å². The Balaban J connectivity index is 1.51. The molecule has 27 heavy (non-hydrogen) atoms. The SMILES string of the molecule is CCCn1nnc(-c2ccc(C(CN)Nc3ccc4[nH]cnc4c3)cc2)n1. The van der Waals surface area contributed by atoms with Crippen molar-refractivity contribution in [3.63, 3.8) is 0 Å². The molecule has 1 unspecified atom stereocenters. The van der Waals surface area contributed by atoms with Gasteiger partial charge in [0.1, 0.15) is 0 Å². The summed E-state index contributed by atoms with van der Waals surface area (Å²) in [6.45, 7) is 3.33. The van der Waals surface area contributed by atoms with Gasteiger partial charge in [0.2, 0.25) is 5.82 Å². The number of imidazole rings is 1. The number of aromatic amines is 1. The Morgan fingerprint density at radius 2 is 2.04 bits per heavy atom. The Morgan fingerprint density at radius 3 is 2.81 bits per heavy atom. The van der Waals surface area contributed by atoms with Crippen molar-refractivity contribution in [2.75, 3.05) is 11.9 Å². The van der Waals surface area contributed by atoms with Gasteiger partial charge in [0.05, 0.1) is 29.9 Å². The van der Waals surface area contributed by atoms with Crippen molar-refractivity contribution in [1.29, 1.82) is 0 Å². The number of hydrogen-bond acceptors (Lipinski definition) is 6. The van der Waals surface area contributed by atoms with Crippen LogP contribution in [0.25, 0.3) is 22.4 Å². The number of aryl methyl sites for hydroxylation is 1. The monoisotopic (exact) mass is 362 g/mol. The molecule has 4 aromatic rings. The number of nitrogens with one attached hydrogen (secondary N) is 2. The van der Waals surface area contributed by atoms with Crippen LogP contribution in [0.4, 0.5) is 5.69 Å². The summed E-state index contributed by atoms with van der Waals surface area (Å²) in [6.07, 6.45) is 2.67. The van der Waals surface area contributed by atoms with E-state index in [0.29, 0.717) is 12.4 Å². The van der Waals surface area contributed by atoms with Gasteiger partial charge in [-0.2, -0.15) is 4.80 Å². The molecule has 138 valence electrons. The number of benzene rings is 2. The third-order valence-electron chi connectivity index (χ3n) is 4.45. The van der Waals surface area contributed by atoms with Gasteiger partial charge in [-0.15, -0.1) is 10.2 Å². The van der Waals surface area contributed by atoms with Crippen LogP contribution < -0.4 is 11.1 Å². The second-order valence-electron chi connectivity index (χ2n) is 6.40. The third-order valence-corrected chi connectivity index (χ3v) is 4.45. The van der Waals surface area contributed by atoms with E-state index in [1.165, 1.54) is 0 Å². The van der Waals surface area contributed by atoms with E-state index in [1.807, 2.05) is 42.5 Å². The summed E-state index contributed by atoms with van der Waals surface area (Å²) in [5, 5.41) is 16.1.